The summed E-state index contributed by atoms with van der Waals surface area (Å²) in [5, 5.41) is 0. The van der Waals surface area contributed by atoms with Gasteiger partial charge in [0, 0.05) is 0 Å². The molecule has 0 heterocycles. The van der Waals surface area contributed by atoms with E-state index in [-0.39, 0.29) is 0 Å². The molecule has 0 aromatic rings. The summed E-state index contributed by atoms with van der Waals surface area (Å²) in [5.41, 5.74) is 0. The van der Waals surface area contributed by atoms with Crippen molar-refractivity contribution in [3.8, 4) is 0 Å². The molecular formula is C18H38Sb2. The average Bonchev–Trinajstić information content (AvgIpc) is 2.47. The SMILES string of the molecule is C=[C]([Sb]([CH2]CCC)[CH2]CCC)[Sb]([CH2]CCC)[CH2]CCC. The molecule has 0 bridgehead atoms. The Bertz CT molecular complexity index is 187. The molecule has 120 valence electrons. The summed E-state index contributed by atoms with van der Waals surface area (Å²) >= 11 is -2.20. The second-order valence-corrected chi connectivity index (χ2v) is 23.3. The number of hydrogen-bond donors (Lipinski definition) is 0. The van der Waals surface area contributed by atoms with Crippen LogP contribution in [0.15, 0.2) is 8.05 Å². The fraction of sp³-hybridized carbons (Fsp3) is 0.889. The molecule has 0 saturated heterocycles. The zero-order valence-corrected chi connectivity index (χ0v) is 19.7. The molecule has 0 radical (unpaired) electrons. The van der Waals surface area contributed by atoms with Crippen molar-refractivity contribution < 1.29 is 0 Å². The summed E-state index contributed by atoms with van der Waals surface area (Å²) in [6.07, 6.45) is 11.5. The quantitative estimate of drug-likeness (QED) is 0.231. The van der Waals surface area contributed by atoms with E-state index in [4.69, 9.17) is 6.58 Å². The molecule has 0 spiro atoms. The van der Waals surface area contributed by atoms with Crippen LogP contribution in [0.5, 0.6) is 0 Å². The van der Waals surface area contributed by atoms with E-state index in [1.54, 1.807) is 17.5 Å². The molecule has 0 amide bonds. The molecule has 0 aliphatic heterocycles. The Morgan fingerprint density at radius 2 is 0.850 bits per heavy atom. The van der Waals surface area contributed by atoms with Crippen LogP contribution in [0.2, 0.25) is 17.5 Å². The van der Waals surface area contributed by atoms with Gasteiger partial charge < -0.3 is 0 Å². The van der Waals surface area contributed by atoms with E-state index in [0.717, 1.165) is 0 Å². The van der Waals surface area contributed by atoms with Gasteiger partial charge in [0.15, 0.2) is 0 Å². The van der Waals surface area contributed by atoms with E-state index in [9.17, 15) is 0 Å². The van der Waals surface area contributed by atoms with Crippen LogP contribution in [-0.2, 0) is 0 Å². The second kappa shape index (κ2) is 15.3. The molecular weight excluding hydrogens is 460 g/mol. The van der Waals surface area contributed by atoms with Gasteiger partial charge in [0.1, 0.15) is 0 Å². The third-order valence-electron chi connectivity index (χ3n) is 3.86. The second-order valence-electron chi connectivity index (χ2n) is 5.80. The Balaban J connectivity index is 4.54. The molecule has 20 heavy (non-hydrogen) atoms. The van der Waals surface area contributed by atoms with Crippen LogP contribution in [0.25, 0.3) is 0 Å². The van der Waals surface area contributed by atoms with Crippen molar-refractivity contribution in [1.29, 1.82) is 0 Å². The number of unbranched alkanes of at least 4 members (excludes halogenated alkanes) is 4. The molecule has 0 nitrogen and oxygen atoms in total. The zero-order chi connectivity index (χ0) is 15.2. The Labute approximate surface area is 144 Å². The summed E-state index contributed by atoms with van der Waals surface area (Å²) in [7, 11) is 0. The third kappa shape index (κ3) is 10.2. The summed E-state index contributed by atoms with van der Waals surface area (Å²) < 4.78 is 8.40. The van der Waals surface area contributed by atoms with E-state index in [2.05, 4.69) is 27.7 Å². The molecule has 0 saturated carbocycles. The van der Waals surface area contributed by atoms with Gasteiger partial charge in [-0.15, -0.1) is 0 Å². The first-order valence-corrected chi connectivity index (χ1v) is 18.7. The summed E-state index contributed by atoms with van der Waals surface area (Å²) in [6, 6.07) is 0. The van der Waals surface area contributed by atoms with Gasteiger partial charge in [0.05, 0.1) is 0 Å². The van der Waals surface area contributed by atoms with E-state index in [1.807, 2.05) is 1.47 Å². The first kappa shape index (κ1) is 21.4. The molecule has 0 aromatic heterocycles. The number of hydrogen-bond acceptors (Lipinski definition) is 0. The van der Waals surface area contributed by atoms with Crippen molar-refractivity contribution in [3.05, 3.63) is 8.05 Å². The van der Waals surface area contributed by atoms with Crippen LogP contribution in [0.1, 0.15) is 79.1 Å². The van der Waals surface area contributed by atoms with Crippen molar-refractivity contribution >= 4 is 40.4 Å². The summed E-state index contributed by atoms with van der Waals surface area (Å²) in [4.78, 5) is 0. The van der Waals surface area contributed by atoms with Gasteiger partial charge in [0.25, 0.3) is 0 Å². The Morgan fingerprint density at radius 3 is 1.05 bits per heavy atom. The van der Waals surface area contributed by atoms with Crippen LogP contribution in [-0.4, -0.2) is 40.4 Å². The minimum atomic E-state index is -1.10. The van der Waals surface area contributed by atoms with Gasteiger partial charge in [0.2, 0.25) is 0 Å². The Kier molecular flexibility index (Phi) is 16.3. The van der Waals surface area contributed by atoms with E-state index < -0.39 is 40.4 Å². The van der Waals surface area contributed by atoms with Gasteiger partial charge in [-0.2, -0.15) is 0 Å². The van der Waals surface area contributed by atoms with Gasteiger partial charge in [-0.05, 0) is 0 Å². The van der Waals surface area contributed by atoms with Gasteiger partial charge >= 0.3 is 145 Å². The van der Waals surface area contributed by atoms with E-state index in [1.165, 1.54) is 51.4 Å². The molecule has 0 rings (SSSR count). The van der Waals surface area contributed by atoms with Crippen LogP contribution in [0.3, 0.4) is 0 Å². The Morgan fingerprint density at radius 1 is 0.600 bits per heavy atom. The summed E-state index contributed by atoms with van der Waals surface area (Å²) in [6.45, 7) is 14.2. The van der Waals surface area contributed by atoms with Crippen LogP contribution >= 0.6 is 0 Å². The fourth-order valence-corrected chi connectivity index (χ4v) is 31.0. The molecule has 0 N–H and O–H groups in total. The van der Waals surface area contributed by atoms with Crippen LogP contribution in [0, 0.1) is 0 Å². The van der Waals surface area contributed by atoms with Crippen molar-refractivity contribution in [3.63, 3.8) is 0 Å². The molecule has 0 aromatic carbocycles. The molecule has 0 unspecified atom stereocenters. The van der Waals surface area contributed by atoms with Crippen molar-refractivity contribution in [2.45, 2.75) is 96.5 Å². The maximum atomic E-state index is 4.73. The molecule has 2 heteroatoms. The van der Waals surface area contributed by atoms with E-state index in [0.29, 0.717) is 0 Å². The van der Waals surface area contributed by atoms with Gasteiger partial charge in [-0.1, -0.05) is 0 Å². The Hall–Kier alpha value is 1.38. The van der Waals surface area contributed by atoms with Crippen molar-refractivity contribution in [2.75, 3.05) is 0 Å². The van der Waals surface area contributed by atoms with Crippen LogP contribution < -0.4 is 0 Å². The first-order valence-electron chi connectivity index (χ1n) is 8.89. The standard InChI is InChI=1S/4C4H9.C2H2.2Sb/c4*1-3-4-2;1-2;;/h4*1,3-4H2,2H3;1H2;;. The van der Waals surface area contributed by atoms with Crippen LogP contribution in [0.4, 0.5) is 0 Å². The van der Waals surface area contributed by atoms with Gasteiger partial charge in [-0.25, -0.2) is 0 Å². The fourth-order valence-electron chi connectivity index (χ4n) is 2.34. The van der Waals surface area contributed by atoms with Gasteiger partial charge in [-0.3, -0.25) is 0 Å². The predicted octanol–water partition coefficient (Wildman–Crippen LogP) is 6.81. The van der Waals surface area contributed by atoms with Crippen molar-refractivity contribution in [2.24, 2.45) is 0 Å². The predicted molar refractivity (Wildman–Crippen MR) is 99.5 cm³/mol. The zero-order valence-electron chi connectivity index (χ0n) is 14.6. The normalized spacial score (nSPS) is 11.5. The molecule has 0 aliphatic rings. The average molecular weight is 498 g/mol. The summed E-state index contributed by atoms with van der Waals surface area (Å²) in [5.74, 6) is 0. The van der Waals surface area contributed by atoms with Crippen molar-refractivity contribution in [1.82, 2.24) is 0 Å². The first-order chi connectivity index (χ1) is 9.71. The number of rotatable bonds is 14. The monoisotopic (exact) mass is 496 g/mol. The third-order valence-corrected chi connectivity index (χ3v) is 28.6. The maximum absolute atomic E-state index is 4.73. The topological polar surface area (TPSA) is 0 Å². The minimum absolute atomic E-state index is 1.10. The molecule has 0 atom stereocenters. The molecule has 0 aliphatic carbocycles. The van der Waals surface area contributed by atoms with E-state index >= 15 is 0 Å². The molecule has 0 fully saturated rings.